The first-order chi connectivity index (χ1) is 10.5. The maximum absolute atomic E-state index is 11.9. The number of rotatable bonds is 6. The number of nitrogens with zero attached hydrogens (tertiary/aromatic N) is 1. The van der Waals surface area contributed by atoms with E-state index in [1.807, 2.05) is 19.0 Å². The van der Waals surface area contributed by atoms with Crippen molar-refractivity contribution in [2.75, 3.05) is 33.9 Å². The van der Waals surface area contributed by atoms with Crippen LogP contribution >= 0.6 is 0 Å². The summed E-state index contributed by atoms with van der Waals surface area (Å²) in [6.07, 6.45) is 0. The second-order valence-corrected chi connectivity index (χ2v) is 5.02. The summed E-state index contributed by atoms with van der Waals surface area (Å²) in [5.74, 6) is -0.818. The molecule has 6 nitrogen and oxygen atoms in total. The lowest BCUT2D eigenvalue weighted by atomic mass is 10.2. The summed E-state index contributed by atoms with van der Waals surface area (Å²) in [6, 6.07) is 6.50. The van der Waals surface area contributed by atoms with Crippen molar-refractivity contribution in [3.8, 4) is 0 Å². The molecule has 0 aliphatic carbocycles. The van der Waals surface area contributed by atoms with Crippen LogP contribution in [0.15, 0.2) is 28.7 Å². The molecule has 1 heterocycles. The van der Waals surface area contributed by atoms with Gasteiger partial charge in [0.15, 0.2) is 0 Å². The summed E-state index contributed by atoms with van der Waals surface area (Å²) >= 11 is 0. The molecule has 1 aromatic heterocycles. The first-order valence-corrected chi connectivity index (χ1v) is 7.04. The summed E-state index contributed by atoms with van der Waals surface area (Å²) < 4.78 is 15.5. The third kappa shape index (κ3) is 3.85. The van der Waals surface area contributed by atoms with Crippen LogP contribution in [0.3, 0.4) is 0 Å². The maximum atomic E-state index is 11.9. The number of furan rings is 1. The van der Waals surface area contributed by atoms with Crippen LogP contribution in [0.1, 0.15) is 27.8 Å². The summed E-state index contributed by atoms with van der Waals surface area (Å²) in [5.41, 5.74) is 0.835. The molecule has 0 saturated carbocycles. The second kappa shape index (κ2) is 7.09. The van der Waals surface area contributed by atoms with Gasteiger partial charge in [-0.3, -0.25) is 0 Å². The fraction of sp³-hybridized carbons (Fsp3) is 0.375. The molecule has 0 fully saturated rings. The molecular weight excluding hydrogens is 286 g/mol. The number of carbonyl (C=O) groups excluding carboxylic acids is 2. The van der Waals surface area contributed by atoms with Gasteiger partial charge in [-0.1, -0.05) is 6.07 Å². The van der Waals surface area contributed by atoms with Gasteiger partial charge in [0.25, 0.3) is 0 Å². The van der Waals surface area contributed by atoms with E-state index in [-0.39, 0.29) is 12.4 Å². The topological polar surface area (TPSA) is 69.0 Å². The van der Waals surface area contributed by atoms with E-state index in [0.717, 1.165) is 5.39 Å². The Morgan fingerprint density at radius 2 is 1.91 bits per heavy atom. The van der Waals surface area contributed by atoms with Crippen LogP contribution < -0.4 is 0 Å². The Morgan fingerprint density at radius 3 is 2.59 bits per heavy atom. The normalized spacial score (nSPS) is 10.9. The largest absolute Gasteiger partial charge is 0.462 e. The number of fused-ring (bicyclic) bond motifs is 1. The average Bonchev–Trinajstić information content (AvgIpc) is 2.90. The van der Waals surface area contributed by atoms with Crippen LogP contribution in [0.4, 0.5) is 0 Å². The van der Waals surface area contributed by atoms with Crippen LogP contribution in [-0.4, -0.2) is 50.7 Å². The molecule has 2 rings (SSSR count). The SMILES string of the molecule is CCOC(=O)c1ccc2cc(C(=O)OCCN(C)C)oc2c1. The van der Waals surface area contributed by atoms with Gasteiger partial charge in [-0.15, -0.1) is 0 Å². The molecular formula is C16H19NO5. The molecule has 0 N–H and O–H groups in total. The van der Waals surface area contributed by atoms with Crippen molar-refractivity contribution < 1.29 is 23.5 Å². The van der Waals surface area contributed by atoms with E-state index >= 15 is 0 Å². The Bertz CT molecular complexity index is 674. The van der Waals surface area contributed by atoms with Crippen molar-refractivity contribution in [3.63, 3.8) is 0 Å². The lowest BCUT2D eigenvalue weighted by Gasteiger charge is -2.08. The highest BCUT2D eigenvalue weighted by atomic mass is 16.5. The molecule has 6 heteroatoms. The number of likely N-dealkylation sites (N-methyl/N-ethyl adjacent to an activating group) is 1. The Morgan fingerprint density at radius 1 is 1.14 bits per heavy atom. The lowest BCUT2D eigenvalue weighted by Crippen LogP contribution is -2.19. The van der Waals surface area contributed by atoms with Gasteiger partial charge in [-0.05, 0) is 39.2 Å². The molecule has 0 saturated heterocycles. The molecule has 22 heavy (non-hydrogen) atoms. The van der Waals surface area contributed by atoms with Gasteiger partial charge in [0.05, 0.1) is 12.2 Å². The van der Waals surface area contributed by atoms with E-state index in [2.05, 4.69) is 0 Å². The number of hydrogen-bond donors (Lipinski definition) is 0. The third-order valence-corrected chi connectivity index (χ3v) is 3.00. The molecule has 0 radical (unpaired) electrons. The van der Waals surface area contributed by atoms with Gasteiger partial charge in [0.1, 0.15) is 12.2 Å². The van der Waals surface area contributed by atoms with Gasteiger partial charge in [-0.25, -0.2) is 9.59 Å². The smallest absolute Gasteiger partial charge is 0.374 e. The number of ether oxygens (including phenoxy) is 2. The van der Waals surface area contributed by atoms with Crippen LogP contribution in [-0.2, 0) is 9.47 Å². The van der Waals surface area contributed by atoms with Crippen LogP contribution in [0.25, 0.3) is 11.0 Å². The highest BCUT2D eigenvalue weighted by molar-refractivity contribution is 5.96. The molecule has 0 amide bonds. The van der Waals surface area contributed by atoms with Gasteiger partial charge in [-0.2, -0.15) is 0 Å². The number of esters is 2. The zero-order valence-electron chi connectivity index (χ0n) is 12.9. The molecule has 2 aromatic rings. The summed E-state index contributed by atoms with van der Waals surface area (Å²) in [6.45, 7) is 2.97. The predicted octanol–water partition coefficient (Wildman–Crippen LogP) is 2.33. The highest BCUT2D eigenvalue weighted by Crippen LogP contribution is 2.22. The summed E-state index contributed by atoms with van der Waals surface area (Å²) in [5, 5.41) is 0.729. The lowest BCUT2D eigenvalue weighted by molar-refractivity contribution is 0.0448. The Balaban J connectivity index is 2.13. The Labute approximate surface area is 128 Å². The van der Waals surface area contributed by atoms with E-state index in [9.17, 15) is 9.59 Å². The zero-order chi connectivity index (χ0) is 16.1. The van der Waals surface area contributed by atoms with Crippen molar-refractivity contribution >= 4 is 22.9 Å². The van der Waals surface area contributed by atoms with E-state index in [1.165, 1.54) is 0 Å². The molecule has 0 aliphatic rings. The molecule has 0 spiro atoms. The van der Waals surface area contributed by atoms with Gasteiger partial charge < -0.3 is 18.8 Å². The minimum Gasteiger partial charge on any atom is -0.462 e. The minimum atomic E-state index is -0.518. The van der Waals surface area contributed by atoms with E-state index < -0.39 is 11.9 Å². The van der Waals surface area contributed by atoms with E-state index in [4.69, 9.17) is 13.9 Å². The first-order valence-electron chi connectivity index (χ1n) is 7.04. The first kappa shape index (κ1) is 16.0. The van der Waals surface area contributed by atoms with Crippen molar-refractivity contribution in [3.05, 3.63) is 35.6 Å². The Hall–Kier alpha value is -2.34. The second-order valence-electron chi connectivity index (χ2n) is 5.02. The number of carbonyl (C=O) groups is 2. The fourth-order valence-corrected chi connectivity index (χ4v) is 1.87. The molecule has 118 valence electrons. The highest BCUT2D eigenvalue weighted by Gasteiger charge is 2.15. The molecule has 0 bridgehead atoms. The van der Waals surface area contributed by atoms with Gasteiger partial charge in [0, 0.05) is 11.9 Å². The van der Waals surface area contributed by atoms with Crippen LogP contribution in [0.5, 0.6) is 0 Å². The van der Waals surface area contributed by atoms with Crippen molar-refractivity contribution in [2.24, 2.45) is 0 Å². The predicted molar refractivity (Wildman–Crippen MR) is 81.0 cm³/mol. The Kier molecular flexibility index (Phi) is 5.16. The average molecular weight is 305 g/mol. The van der Waals surface area contributed by atoms with E-state index in [0.29, 0.717) is 24.3 Å². The molecule has 0 unspecified atom stereocenters. The minimum absolute atomic E-state index is 0.120. The fourth-order valence-electron chi connectivity index (χ4n) is 1.87. The number of benzene rings is 1. The van der Waals surface area contributed by atoms with Crippen LogP contribution in [0, 0.1) is 0 Å². The van der Waals surface area contributed by atoms with Gasteiger partial charge in [0.2, 0.25) is 5.76 Å². The van der Waals surface area contributed by atoms with E-state index in [1.54, 1.807) is 31.2 Å². The monoisotopic (exact) mass is 305 g/mol. The zero-order valence-corrected chi connectivity index (χ0v) is 12.9. The number of hydrogen-bond acceptors (Lipinski definition) is 6. The van der Waals surface area contributed by atoms with Crippen molar-refractivity contribution in [1.82, 2.24) is 4.90 Å². The van der Waals surface area contributed by atoms with Crippen molar-refractivity contribution in [1.29, 1.82) is 0 Å². The standard InChI is InChI=1S/C16H19NO5/c1-4-20-15(18)12-6-5-11-9-14(22-13(11)10-12)16(19)21-8-7-17(2)3/h5-6,9-10H,4,7-8H2,1-3H3. The van der Waals surface area contributed by atoms with Crippen molar-refractivity contribution in [2.45, 2.75) is 6.92 Å². The molecule has 0 aliphatic heterocycles. The molecule has 0 atom stereocenters. The maximum Gasteiger partial charge on any atom is 0.374 e. The summed E-state index contributed by atoms with van der Waals surface area (Å²) in [4.78, 5) is 25.5. The van der Waals surface area contributed by atoms with Gasteiger partial charge >= 0.3 is 11.9 Å². The third-order valence-electron chi connectivity index (χ3n) is 3.00. The quantitative estimate of drug-likeness (QED) is 0.763. The molecule has 1 aromatic carbocycles. The van der Waals surface area contributed by atoms with Crippen LogP contribution in [0.2, 0.25) is 0 Å². The summed E-state index contributed by atoms with van der Waals surface area (Å²) in [7, 11) is 3.79.